The fourth-order valence-electron chi connectivity index (χ4n) is 2.77. The molecule has 0 unspecified atom stereocenters. The topological polar surface area (TPSA) is 91.5 Å². The Balaban J connectivity index is 1.96. The lowest BCUT2D eigenvalue weighted by Crippen LogP contribution is -2.18. The van der Waals surface area contributed by atoms with E-state index in [0.717, 1.165) is 16.7 Å². The van der Waals surface area contributed by atoms with Gasteiger partial charge in [-0.05, 0) is 48.9 Å². The highest BCUT2D eigenvalue weighted by atomic mass is 32.2. The summed E-state index contributed by atoms with van der Waals surface area (Å²) in [5.74, 6) is 0.589. The van der Waals surface area contributed by atoms with E-state index in [1.165, 1.54) is 18.3 Å². The number of hydrazone groups is 1. The average Bonchev–Trinajstić information content (AvgIpc) is 2.74. The van der Waals surface area contributed by atoms with E-state index in [1.54, 1.807) is 43.5 Å². The van der Waals surface area contributed by atoms with Crippen LogP contribution in [0.1, 0.15) is 16.7 Å². The maximum Gasteiger partial charge on any atom is 0.276 e. The van der Waals surface area contributed by atoms with Gasteiger partial charge in [-0.2, -0.15) is 18.8 Å². The van der Waals surface area contributed by atoms with Gasteiger partial charge in [-0.25, -0.2) is 4.83 Å². The zero-order valence-electron chi connectivity index (χ0n) is 16.0. The third-order valence-corrected chi connectivity index (χ3v) is 5.54. The molecule has 0 spiro atoms. The predicted molar refractivity (Wildman–Crippen MR) is 112 cm³/mol. The van der Waals surface area contributed by atoms with Gasteiger partial charge in [0, 0.05) is 11.1 Å². The van der Waals surface area contributed by atoms with E-state index < -0.39 is 10.0 Å². The molecule has 0 saturated heterocycles. The first kappa shape index (κ1) is 20.1. The second-order valence-electron chi connectivity index (χ2n) is 6.28. The van der Waals surface area contributed by atoms with Gasteiger partial charge in [0.15, 0.2) is 0 Å². The zero-order valence-corrected chi connectivity index (χ0v) is 16.8. The number of sulfonamides is 1. The largest absolute Gasteiger partial charge is 0.497 e. The molecule has 0 amide bonds. The first-order valence-electron chi connectivity index (χ1n) is 8.73. The van der Waals surface area contributed by atoms with Crippen LogP contribution in [0.2, 0.25) is 0 Å². The molecule has 0 saturated carbocycles. The van der Waals surface area contributed by atoms with Crippen molar-refractivity contribution in [1.29, 1.82) is 5.26 Å². The summed E-state index contributed by atoms with van der Waals surface area (Å²) in [6.07, 6.45) is 1.40. The van der Waals surface area contributed by atoms with E-state index >= 15 is 0 Å². The highest BCUT2D eigenvalue weighted by Gasteiger charge is 2.13. The smallest absolute Gasteiger partial charge is 0.276 e. The van der Waals surface area contributed by atoms with Crippen LogP contribution in [0.5, 0.6) is 5.75 Å². The minimum atomic E-state index is -3.78. The van der Waals surface area contributed by atoms with E-state index in [0.29, 0.717) is 16.9 Å². The van der Waals surface area contributed by atoms with Crippen LogP contribution in [0.15, 0.2) is 76.7 Å². The summed E-state index contributed by atoms with van der Waals surface area (Å²) in [5.41, 5.74) is 3.54. The molecule has 0 bridgehead atoms. The van der Waals surface area contributed by atoms with Crippen molar-refractivity contribution >= 4 is 16.2 Å². The molecule has 1 N–H and O–H groups in total. The van der Waals surface area contributed by atoms with Gasteiger partial charge >= 0.3 is 0 Å². The summed E-state index contributed by atoms with van der Waals surface area (Å²) < 4.78 is 30.1. The molecule has 0 aliphatic rings. The fraction of sp³-hybridized carbons (Fsp3) is 0.0909. The number of benzene rings is 3. The van der Waals surface area contributed by atoms with Crippen molar-refractivity contribution in [2.24, 2.45) is 5.10 Å². The Hall–Kier alpha value is -3.63. The zero-order chi connectivity index (χ0) is 20.9. The minimum absolute atomic E-state index is 0.126. The maximum absolute atomic E-state index is 12.4. The van der Waals surface area contributed by atoms with Crippen molar-refractivity contribution in [2.45, 2.75) is 11.8 Å². The van der Waals surface area contributed by atoms with Crippen molar-refractivity contribution in [3.8, 4) is 22.9 Å². The van der Waals surface area contributed by atoms with Gasteiger partial charge in [0.05, 0.1) is 29.9 Å². The number of nitriles is 1. The Kier molecular flexibility index (Phi) is 5.96. The molecule has 3 aromatic rings. The lowest BCUT2D eigenvalue weighted by atomic mass is 9.96. The van der Waals surface area contributed by atoms with Crippen LogP contribution in [-0.4, -0.2) is 21.7 Å². The Morgan fingerprint density at radius 1 is 1.03 bits per heavy atom. The number of hydrogen-bond acceptors (Lipinski definition) is 5. The van der Waals surface area contributed by atoms with Gasteiger partial charge in [0.2, 0.25) is 0 Å². The van der Waals surface area contributed by atoms with Gasteiger partial charge < -0.3 is 4.74 Å². The Morgan fingerprint density at radius 2 is 1.76 bits per heavy atom. The summed E-state index contributed by atoms with van der Waals surface area (Å²) in [5, 5.41) is 13.3. The number of methoxy groups -OCH3 is 1. The first-order valence-corrected chi connectivity index (χ1v) is 10.2. The van der Waals surface area contributed by atoms with E-state index in [-0.39, 0.29) is 4.90 Å². The summed E-state index contributed by atoms with van der Waals surface area (Å²) in [7, 11) is -2.24. The van der Waals surface area contributed by atoms with E-state index in [4.69, 9.17) is 4.74 Å². The lowest BCUT2D eigenvalue weighted by Gasteiger charge is -2.10. The normalized spacial score (nSPS) is 11.2. The van der Waals surface area contributed by atoms with Gasteiger partial charge in [-0.3, -0.25) is 0 Å². The molecule has 0 aliphatic heterocycles. The minimum Gasteiger partial charge on any atom is -0.497 e. The standard InChI is InChI=1S/C22H19N3O3S/c1-16-7-10-20(11-8-16)29(26,27)25-24-15-18-13-19(28-2)9-12-22(18)21-6-4-3-5-17(21)14-23/h3-13,15,25H,1-2H3. The SMILES string of the molecule is COc1ccc(-c2ccccc2C#N)c(C=NNS(=O)(=O)c2ccc(C)cc2)c1. The van der Waals surface area contributed by atoms with E-state index in [9.17, 15) is 13.7 Å². The Morgan fingerprint density at radius 3 is 2.45 bits per heavy atom. The molecule has 7 heteroatoms. The molecule has 0 fully saturated rings. The van der Waals surface area contributed by atoms with Crippen LogP contribution in [0, 0.1) is 18.3 Å². The van der Waals surface area contributed by atoms with Crippen molar-refractivity contribution in [3.05, 3.63) is 83.4 Å². The van der Waals surface area contributed by atoms with Gasteiger partial charge in [-0.15, -0.1) is 0 Å². The number of rotatable bonds is 6. The number of aryl methyl sites for hydroxylation is 1. The van der Waals surface area contributed by atoms with Crippen LogP contribution in [0.4, 0.5) is 0 Å². The highest BCUT2D eigenvalue weighted by molar-refractivity contribution is 7.89. The van der Waals surface area contributed by atoms with Crippen LogP contribution < -0.4 is 9.57 Å². The molecule has 3 rings (SSSR count). The monoisotopic (exact) mass is 405 g/mol. The molecule has 0 aromatic heterocycles. The molecular weight excluding hydrogens is 386 g/mol. The number of hydrogen-bond donors (Lipinski definition) is 1. The van der Waals surface area contributed by atoms with Crippen molar-refractivity contribution in [1.82, 2.24) is 4.83 Å². The third kappa shape index (κ3) is 4.62. The lowest BCUT2D eigenvalue weighted by molar-refractivity contribution is 0.415. The van der Waals surface area contributed by atoms with Crippen LogP contribution in [-0.2, 0) is 10.0 Å². The van der Waals surface area contributed by atoms with Crippen LogP contribution >= 0.6 is 0 Å². The predicted octanol–water partition coefficient (Wildman–Crippen LogP) is 3.85. The summed E-state index contributed by atoms with van der Waals surface area (Å²) in [6.45, 7) is 1.88. The number of ether oxygens (including phenoxy) is 1. The molecule has 3 aromatic carbocycles. The van der Waals surface area contributed by atoms with Crippen molar-refractivity contribution in [3.63, 3.8) is 0 Å². The highest BCUT2D eigenvalue weighted by Crippen LogP contribution is 2.29. The van der Waals surface area contributed by atoms with Gasteiger partial charge in [0.25, 0.3) is 10.0 Å². The molecule has 0 atom stereocenters. The van der Waals surface area contributed by atoms with Crippen LogP contribution in [0.3, 0.4) is 0 Å². The first-order chi connectivity index (χ1) is 13.9. The molecule has 0 radical (unpaired) electrons. The fourth-order valence-corrected chi connectivity index (χ4v) is 3.56. The second kappa shape index (κ2) is 8.59. The van der Waals surface area contributed by atoms with Gasteiger partial charge in [0.1, 0.15) is 5.75 Å². The molecule has 0 heterocycles. The van der Waals surface area contributed by atoms with Crippen molar-refractivity contribution < 1.29 is 13.2 Å². The van der Waals surface area contributed by atoms with Gasteiger partial charge in [-0.1, -0.05) is 35.9 Å². The van der Waals surface area contributed by atoms with E-state index in [2.05, 4.69) is 16.0 Å². The Bertz CT molecular complexity index is 1190. The van der Waals surface area contributed by atoms with E-state index in [1.807, 2.05) is 25.1 Å². The summed E-state index contributed by atoms with van der Waals surface area (Å²) in [6, 6.07) is 21.1. The molecule has 29 heavy (non-hydrogen) atoms. The second-order valence-corrected chi connectivity index (χ2v) is 7.94. The van der Waals surface area contributed by atoms with Crippen molar-refractivity contribution in [2.75, 3.05) is 7.11 Å². The summed E-state index contributed by atoms with van der Waals surface area (Å²) in [4.78, 5) is 2.35. The quantitative estimate of drug-likeness (QED) is 0.498. The molecular formula is C22H19N3O3S. The molecule has 0 aliphatic carbocycles. The maximum atomic E-state index is 12.4. The number of nitrogens with zero attached hydrogens (tertiary/aromatic N) is 2. The third-order valence-electron chi connectivity index (χ3n) is 4.30. The Labute approximate surface area is 170 Å². The summed E-state index contributed by atoms with van der Waals surface area (Å²) >= 11 is 0. The van der Waals surface area contributed by atoms with Crippen LogP contribution in [0.25, 0.3) is 11.1 Å². The molecule has 146 valence electrons. The molecule has 6 nitrogen and oxygen atoms in total. The number of nitrogens with one attached hydrogen (secondary N) is 1. The average molecular weight is 405 g/mol.